The van der Waals surface area contributed by atoms with Gasteiger partial charge in [-0.05, 0) is 40.5 Å². The van der Waals surface area contributed by atoms with Crippen LogP contribution in [0.1, 0.15) is 54.4 Å². The van der Waals surface area contributed by atoms with E-state index in [4.69, 9.17) is 0 Å². The summed E-state index contributed by atoms with van der Waals surface area (Å²) in [6.45, 7) is 9.06. The Hall–Kier alpha value is 0.443. The third kappa shape index (κ3) is 8.35. The van der Waals surface area contributed by atoms with Crippen LogP contribution in [0.3, 0.4) is 0 Å². The summed E-state index contributed by atoms with van der Waals surface area (Å²) in [4.78, 5) is 0. The van der Waals surface area contributed by atoms with E-state index in [1.54, 1.807) is 13.8 Å². The molecule has 0 aliphatic carbocycles. The molecule has 0 saturated carbocycles. The van der Waals surface area contributed by atoms with Gasteiger partial charge in [0.15, 0.2) is 0 Å². The number of hydrogen-bond acceptors (Lipinski definition) is 6. The van der Waals surface area contributed by atoms with Gasteiger partial charge in [-0.2, -0.15) is 0 Å². The summed E-state index contributed by atoms with van der Waals surface area (Å²) in [5.41, 5.74) is 0. The van der Waals surface area contributed by atoms with Crippen LogP contribution < -0.4 is 0 Å². The van der Waals surface area contributed by atoms with Gasteiger partial charge < -0.3 is 9.11 Å². The van der Waals surface area contributed by atoms with Crippen LogP contribution in [-0.4, -0.2) is 35.4 Å². The minimum atomic E-state index is -4.10. The van der Waals surface area contributed by atoms with Gasteiger partial charge in [0, 0.05) is 0 Å². The van der Waals surface area contributed by atoms with Crippen LogP contribution in [-0.2, 0) is 39.7 Å². The first-order valence-corrected chi connectivity index (χ1v) is 8.35. The van der Waals surface area contributed by atoms with Crippen LogP contribution in [0.25, 0.3) is 0 Å². The monoisotopic (exact) mass is 366 g/mol. The molecule has 0 heterocycles. The molecular formula is C10H22O6S2Zn. The first-order valence-electron chi connectivity index (χ1n) is 5.53. The van der Waals surface area contributed by atoms with E-state index in [-0.39, 0.29) is 19.5 Å². The molecule has 19 heavy (non-hydrogen) atoms. The van der Waals surface area contributed by atoms with E-state index < -0.39 is 29.7 Å². The molecule has 0 amide bonds. The first kappa shape index (κ1) is 24.5. The van der Waals surface area contributed by atoms with Crippen molar-refractivity contribution < 1.29 is 45.4 Å². The number of hydrogen-bond donors (Lipinski definition) is 0. The van der Waals surface area contributed by atoms with Crippen LogP contribution in [0.4, 0.5) is 0 Å². The molecule has 0 aromatic carbocycles. The summed E-state index contributed by atoms with van der Waals surface area (Å²) >= 11 is 0. The van der Waals surface area contributed by atoms with E-state index >= 15 is 0 Å². The van der Waals surface area contributed by atoms with E-state index in [9.17, 15) is 25.9 Å². The van der Waals surface area contributed by atoms with Crippen LogP contribution in [0.2, 0.25) is 0 Å². The van der Waals surface area contributed by atoms with Crippen molar-refractivity contribution in [3.05, 3.63) is 0 Å². The summed E-state index contributed by atoms with van der Waals surface area (Å²) < 4.78 is 59.8. The van der Waals surface area contributed by atoms with E-state index in [1.807, 2.05) is 0 Å². The van der Waals surface area contributed by atoms with Crippen LogP contribution in [0.15, 0.2) is 0 Å². The largest absolute Gasteiger partial charge is 2.00 e. The normalized spacial score (nSPS) is 13.1. The standard InChI is InChI=1S/2C5H12O3S.Zn/c2*1-4-5(2,3)9(6,7)8;/h2*4H2,1-3H3,(H,6,7,8);/q;;+2/p-2. The molecule has 0 spiro atoms. The maximum Gasteiger partial charge on any atom is 2.00 e. The molecule has 9 heteroatoms. The summed E-state index contributed by atoms with van der Waals surface area (Å²) in [6.07, 6.45) is 0.720. The molecule has 6 nitrogen and oxygen atoms in total. The van der Waals surface area contributed by atoms with Crippen molar-refractivity contribution in [2.24, 2.45) is 0 Å². The van der Waals surface area contributed by atoms with Gasteiger partial charge >= 0.3 is 19.5 Å². The van der Waals surface area contributed by atoms with Crippen LogP contribution >= 0.6 is 0 Å². The first-order chi connectivity index (χ1) is 7.62. The Morgan fingerprint density at radius 1 is 0.737 bits per heavy atom. The minimum absolute atomic E-state index is 0. The average Bonchev–Trinajstić information content (AvgIpc) is 2.15. The Morgan fingerprint density at radius 2 is 0.895 bits per heavy atom. The zero-order chi connectivity index (χ0) is 15.4. The predicted octanol–water partition coefficient (Wildman–Crippen LogP) is 1.44. The second kappa shape index (κ2) is 8.03. The van der Waals surface area contributed by atoms with E-state index in [0.717, 1.165) is 0 Å². The molecular weight excluding hydrogens is 346 g/mol. The fourth-order valence-electron chi connectivity index (χ4n) is 0.354. The summed E-state index contributed by atoms with van der Waals surface area (Å²) in [5.74, 6) is 0. The zero-order valence-corrected chi connectivity index (χ0v) is 17.0. The molecule has 0 aromatic heterocycles. The van der Waals surface area contributed by atoms with E-state index in [0.29, 0.717) is 12.8 Å². The van der Waals surface area contributed by atoms with E-state index in [1.165, 1.54) is 27.7 Å². The molecule has 112 valence electrons. The van der Waals surface area contributed by atoms with Crippen LogP contribution in [0, 0.1) is 0 Å². The molecule has 0 bridgehead atoms. The fraction of sp³-hybridized carbons (Fsp3) is 1.00. The smallest absolute Gasteiger partial charge is 0.748 e. The Labute approximate surface area is 129 Å². The van der Waals surface area contributed by atoms with Gasteiger partial charge in [-0.1, -0.05) is 13.8 Å². The Morgan fingerprint density at radius 3 is 0.895 bits per heavy atom. The summed E-state index contributed by atoms with van der Waals surface area (Å²) in [6, 6.07) is 0. The van der Waals surface area contributed by atoms with Crippen molar-refractivity contribution in [2.75, 3.05) is 0 Å². The molecule has 0 radical (unpaired) electrons. The second-order valence-electron chi connectivity index (χ2n) is 5.13. The molecule has 0 atom stereocenters. The molecule has 0 aliphatic rings. The van der Waals surface area contributed by atoms with Gasteiger partial charge in [0.1, 0.15) is 0 Å². The van der Waals surface area contributed by atoms with Crippen molar-refractivity contribution >= 4 is 20.2 Å². The molecule has 0 rings (SSSR count). The van der Waals surface area contributed by atoms with Gasteiger partial charge in [-0.15, -0.1) is 0 Å². The Bertz CT molecular complexity index is 406. The molecule has 0 aliphatic heterocycles. The topological polar surface area (TPSA) is 114 Å². The van der Waals surface area contributed by atoms with Crippen LogP contribution in [0.5, 0.6) is 0 Å². The van der Waals surface area contributed by atoms with Gasteiger partial charge in [-0.3, -0.25) is 0 Å². The maximum atomic E-state index is 10.3. The predicted molar refractivity (Wildman–Crippen MR) is 68.1 cm³/mol. The molecule has 0 unspecified atom stereocenters. The quantitative estimate of drug-likeness (QED) is 0.548. The number of rotatable bonds is 4. The van der Waals surface area contributed by atoms with Crippen molar-refractivity contribution in [3.63, 3.8) is 0 Å². The van der Waals surface area contributed by atoms with Crippen molar-refractivity contribution in [1.29, 1.82) is 0 Å². The fourth-order valence-corrected chi connectivity index (χ4v) is 1.06. The molecule has 0 saturated heterocycles. The third-order valence-corrected chi connectivity index (χ3v) is 6.34. The van der Waals surface area contributed by atoms with Crippen molar-refractivity contribution in [3.8, 4) is 0 Å². The van der Waals surface area contributed by atoms with Crippen molar-refractivity contribution in [1.82, 2.24) is 0 Å². The zero-order valence-electron chi connectivity index (χ0n) is 12.4. The SMILES string of the molecule is CCC(C)(C)S(=O)(=O)[O-].CCC(C)(C)S(=O)(=O)[O-].[Zn+2]. The molecule has 0 N–H and O–H groups in total. The maximum absolute atomic E-state index is 10.3. The molecule has 0 fully saturated rings. The second-order valence-corrected chi connectivity index (χ2v) is 9.16. The van der Waals surface area contributed by atoms with Gasteiger partial charge in [0.25, 0.3) is 0 Å². The Balaban J connectivity index is -0.000000256. The average molecular weight is 368 g/mol. The van der Waals surface area contributed by atoms with Gasteiger partial charge in [0.2, 0.25) is 0 Å². The summed E-state index contributed by atoms with van der Waals surface area (Å²) in [5, 5.41) is 0. The third-order valence-electron chi connectivity index (χ3n) is 3.06. The minimum Gasteiger partial charge on any atom is -0.748 e. The van der Waals surface area contributed by atoms with Gasteiger partial charge in [0.05, 0.1) is 29.7 Å². The van der Waals surface area contributed by atoms with Crippen molar-refractivity contribution in [2.45, 2.75) is 63.9 Å². The summed E-state index contributed by atoms with van der Waals surface area (Å²) in [7, 11) is -8.20. The van der Waals surface area contributed by atoms with E-state index in [2.05, 4.69) is 0 Å². The molecule has 0 aromatic rings. The van der Waals surface area contributed by atoms with Gasteiger partial charge in [-0.25, -0.2) is 16.8 Å². The Kier molecular flexibility index (Phi) is 10.3.